The van der Waals surface area contributed by atoms with E-state index in [0.29, 0.717) is 0 Å². The average Bonchev–Trinajstić information content (AvgIpc) is 4.08. The number of benzene rings is 3. The fraction of sp³-hybridized carbons (Fsp3) is 0.130. The molecule has 60 heavy (non-hydrogen) atoms. The summed E-state index contributed by atoms with van der Waals surface area (Å²) >= 11 is 0. The lowest BCUT2D eigenvalue weighted by Gasteiger charge is -2.13. The van der Waals surface area contributed by atoms with E-state index in [4.69, 9.17) is 9.97 Å². The summed E-state index contributed by atoms with van der Waals surface area (Å²) in [5.41, 5.74) is 26.8. The monoisotopic (exact) mass is 778 g/mol. The zero-order valence-electron chi connectivity index (χ0n) is 35.0. The quantitative estimate of drug-likeness (QED) is 0.162. The first-order valence-electron chi connectivity index (χ1n) is 20.6. The van der Waals surface area contributed by atoms with E-state index in [-0.39, 0.29) is 0 Å². The predicted molar refractivity (Wildman–Crippen MR) is 253 cm³/mol. The number of hydrogen-bond donors (Lipinski definition) is 3. The molecule has 0 saturated heterocycles. The van der Waals surface area contributed by atoms with Crippen molar-refractivity contribution in [3.05, 3.63) is 182 Å². The van der Waals surface area contributed by atoms with Crippen molar-refractivity contribution < 1.29 is 0 Å². The van der Waals surface area contributed by atoms with Gasteiger partial charge in [-0.05, 0) is 171 Å². The van der Waals surface area contributed by atoms with Crippen LogP contribution in [0.1, 0.15) is 73.0 Å². The van der Waals surface area contributed by atoms with Gasteiger partial charge in [-0.15, -0.1) is 0 Å². The maximum atomic E-state index is 5.55. The SMILES string of the molecule is Cc1cc(C)c(-c2c3nc(c(-c4ccc(C(=C5C=CC=N5)c5ccc[nH]5)cc4)c4ccc([nH]4)c(-c4c(C)cc(C)cc4C)c4nc(c(C)c5ccc2[nH]5)C=C4)C=C3)c(C)c1. The molecular formula is C54H46N6. The van der Waals surface area contributed by atoms with Gasteiger partial charge in [-0.25, -0.2) is 9.97 Å². The van der Waals surface area contributed by atoms with E-state index in [9.17, 15) is 0 Å². The van der Waals surface area contributed by atoms with Crippen LogP contribution >= 0.6 is 0 Å². The number of aliphatic imine (C=N–C) groups is 1. The van der Waals surface area contributed by atoms with Gasteiger partial charge in [-0.1, -0.05) is 59.7 Å². The van der Waals surface area contributed by atoms with Crippen molar-refractivity contribution in [2.45, 2.75) is 48.5 Å². The van der Waals surface area contributed by atoms with Gasteiger partial charge in [0, 0.05) is 62.4 Å². The summed E-state index contributed by atoms with van der Waals surface area (Å²) in [6, 6.07) is 30.8. The summed E-state index contributed by atoms with van der Waals surface area (Å²) < 4.78 is 0. The number of allylic oxidation sites excluding steroid dienone is 2. The molecule has 3 aromatic carbocycles. The molecule has 0 spiro atoms. The lowest BCUT2D eigenvalue weighted by molar-refractivity contribution is 1.26. The normalized spacial score (nSPS) is 13.8. The molecule has 0 aliphatic carbocycles. The summed E-state index contributed by atoms with van der Waals surface area (Å²) in [5.74, 6) is 0. The first-order chi connectivity index (χ1) is 29.1. The van der Waals surface area contributed by atoms with E-state index in [1.54, 1.807) is 0 Å². The van der Waals surface area contributed by atoms with E-state index in [0.717, 1.165) is 95.2 Å². The van der Waals surface area contributed by atoms with Crippen LogP contribution < -0.4 is 0 Å². The Kier molecular flexibility index (Phi) is 8.94. The molecule has 3 aliphatic heterocycles. The average molecular weight is 779 g/mol. The van der Waals surface area contributed by atoms with Crippen molar-refractivity contribution in [3.63, 3.8) is 0 Å². The number of rotatable bonds is 5. The van der Waals surface area contributed by atoms with Crippen LogP contribution in [0.5, 0.6) is 0 Å². The van der Waals surface area contributed by atoms with Crippen molar-refractivity contribution in [2.75, 3.05) is 0 Å². The largest absolute Gasteiger partial charge is 0.361 e. The molecule has 292 valence electrons. The van der Waals surface area contributed by atoms with Crippen LogP contribution in [0.3, 0.4) is 0 Å². The third-order valence-electron chi connectivity index (χ3n) is 12.0. The number of aryl methyl sites for hydroxylation is 7. The third-order valence-corrected chi connectivity index (χ3v) is 12.0. The van der Waals surface area contributed by atoms with E-state index in [2.05, 4.69) is 178 Å². The molecule has 6 nitrogen and oxygen atoms in total. The van der Waals surface area contributed by atoms with Crippen LogP contribution in [0.2, 0.25) is 0 Å². The minimum absolute atomic E-state index is 0.886. The second-order valence-corrected chi connectivity index (χ2v) is 16.4. The highest BCUT2D eigenvalue weighted by Crippen LogP contribution is 2.40. The molecule has 4 aromatic heterocycles. The van der Waals surface area contributed by atoms with Gasteiger partial charge in [0.25, 0.3) is 0 Å². The highest BCUT2D eigenvalue weighted by atomic mass is 14.8. The minimum atomic E-state index is 0.886. The summed E-state index contributed by atoms with van der Waals surface area (Å²) in [5, 5.41) is 0. The lowest BCUT2D eigenvalue weighted by Crippen LogP contribution is -1.95. The molecule has 0 unspecified atom stereocenters. The van der Waals surface area contributed by atoms with Gasteiger partial charge in [-0.3, -0.25) is 4.99 Å². The molecule has 6 heteroatoms. The Bertz CT molecular complexity index is 3130. The van der Waals surface area contributed by atoms with Crippen LogP contribution in [0.25, 0.3) is 85.3 Å². The van der Waals surface area contributed by atoms with Gasteiger partial charge in [-0.2, -0.15) is 0 Å². The fourth-order valence-corrected chi connectivity index (χ4v) is 9.51. The van der Waals surface area contributed by atoms with Crippen LogP contribution in [0.4, 0.5) is 0 Å². The first kappa shape index (κ1) is 37.0. The van der Waals surface area contributed by atoms with Crippen LogP contribution in [-0.2, 0) is 0 Å². The summed E-state index contributed by atoms with van der Waals surface area (Å²) in [6.07, 6.45) is 16.5. The Balaban J connectivity index is 1.32. The molecule has 0 fully saturated rings. The Morgan fingerprint density at radius 2 is 0.983 bits per heavy atom. The second-order valence-electron chi connectivity index (χ2n) is 16.4. The van der Waals surface area contributed by atoms with Gasteiger partial charge in [0.1, 0.15) is 0 Å². The first-order valence-corrected chi connectivity index (χ1v) is 20.6. The molecule has 10 rings (SSSR count). The van der Waals surface area contributed by atoms with Gasteiger partial charge in [0.2, 0.25) is 0 Å². The summed E-state index contributed by atoms with van der Waals surface area (Å²) in [6.45, 7) is 15.3. The van der Waals surface area contributed by atoms with E-state index < -0.39 is 0 Å². The molecule has 0 saturated carbocycles. The predicted octanol–water partition coefficient (Wildman–Crippen LogP) is 13.5. The van der Waals surface area contributed by atoms with E-state index in [1.165, 1.54) is 44.5 Å². The zero-order valence-corrected chi connectivity index (χ0v) is 35.0. The van der Waals surface area contributed by atoms with Crippen molar-refractivity contribution in [1.29, 1.82) is 0 Å². The number of aromatic amines is 3. The van der Waals surface area contributed by atoms with Gasteiger partial charge >= 0.3 is 0 Å². The van der Waals surface area contributed by atoms with Crippen molar-refractivity contribution in [1.82, 2.24) is 24.9 Å². The lowest BCUT2D eigenvalue weighted by atomic mass is 9.92. The van der Waals surface area contributed by atoms with Crippen molar-refractivity contribution in [3.8, 4) is 33.4 Å². The van der Waals surface area contributed by atoms with Gasteiger partial charge in [0.15, 0.2) is 0 Å². The summed E-state index contributed by atoms with van der Waals surface area (Å²) in [7, 11) is 0. The molecule has 7 heterocycles. The highest BCUT2D eigenvalue weighted by Gasteiger charge is 2.21. The van der Waals surface area contributed by atoms with Crippen LogP contribution in [-0.4, -0.2) is 31.1 Å². The highest BCUT2D eigenvalue weighted by molar-refractivity contribution is 5.99. The molecule has 7 aromatic rings. The molecule has 3 N–H and O–H groups in total. The second kappa shape index (κ2) is 14.5. The number of aromatic nitrogens is 5. The van der Waals surface area contributed by atoms with Crippen LogP contribution in [0, 0.1) is 48.5 Å². The number of fused-ring (bicyclic) bond motifs is 8. The van der Waals surface area contributed by atoms with Gasteiger partial charge in [0.05, 0.1) is 28.5 Å². The van der Waals surface area contributed by atoms with E-state index >= 15 is 0 Å². The standard InChI is InChI=1S/C54H46N6/c1-30-26-32(3)49(33(4)27-30)53-45-18-16-39(57-45)36(7)40-17-19-46(58-40)54(50-34(5)28-31(2)29-35(50)6)48-23-21-44(60-48)52(43-20-22-47(53)59-43)38-14-12-37(13-15-38)51(41-10-8-24-55-41)42-11-9-25-56-42/h8-29,55,57,60H,1-7H3. The van der Waals surface area contributed by atoms with E-state index in [1.807, 2.05) is 24.6 Å². The number of nitrogens with zero attached hydrogens (tertiary/aromatic N) is 3. The molecule has 0 atom stereocenters. The molecule has 0 radical (unpaired) electrons. The van der Waals surface area contributed by atoms with Crippen molar-refractivity contribution in [2.24, 2.45) is 4.99 Å². The maximum Gasteiger partial charge on any atom is 0.0737 e. The fourth-order valence-electron chi connectivity index (χ4n) is 9.51. The molecule has 0 amide bonds. The number of nitrogens with one attached hydrogen (secondary N) is 3. The molecular weight excluding hydrogens is 733 g/mol. The summed E-state index contributed by atoms with van der Waals surface area (Å²) in [4.78, 5) is 26.8. The van der Waals surface area contributed by atoms with Gasteiger partial charge < -0.3 is 15.0 Å². The Morgan fingerprint density at radius 3 is 1.52 bits per heavy atom. The molecule has 3 aliphatic rings. The third kappa shape index (κ3) is 6.32. The minimum Gasteiger partial charge on any atom is -0.361 e. The van der Waals surface area contributed by atoms with Crippen molar-refractivity contribution >= 4 is 58.2 Å². The Labute approximate surface area is 350 Å². The van der Waals surface area contributed by atoms with Crippen LogP contribution in [0.15, 0.2) is 114 Å². The maximum absolute atomic E-state index is 5.55. The topological polar surface area (TPSA) is 85.5 Å². The Morgan fingerprint density at radius 1 is 0.483 bits per heavy atom. The number of H-pyrrole nitrogens is 3. The molecule has 8 bridgehead atoms. The Hall–Kier alpha value is -7.31. The number of hydrogen-bond acceptors (Lipinski definition) is 3. The smallest absolute Gasteiger partial charge is 0.0737 e. The zero-order chi connectivity index (χ0) is 41.2.